The van der Waals surface area contributed by atoms with E-state index < -0.39 is 0 Å². The van der Waals surface area contributed by atoms with Gasteiger partial charge in [-0.15, -0.1) is 0 Å². The molecule has 2 aromatic rings. The van der Waals surface area contributed by atoms with Crippen LogP contribution in [0.25, 0.3) is 6.08 Å². The van der Waals surface area contributed by atoms with Crippen LogP contribution < -0.4 is 5.32 Å². The van der Waals surface area contributed by atoms with Crippen molar-refractivity contribution in [3.8, 4) is 0 Å². The van der Waals surface area contributed by atoms with E-state index >= 15 is 0 Å². The van der Waals surface area contributed by atoms with Gasteiger partial charge >= 0.3 is 0 Å². The molecule has 5 heteroatoms. The van der Waals surface area contributed by atoms with E-state index in [1.807, 2.05) is 23.1 Å². The van der Waals surface area contributed by atoms with Crippen molar-refractivity contribution >= 4 is 17.9 Å². The first-order valence-electron chi connectivity index (χ1n) is 9.12. The van der Waals surface area contributed by atoms with E-state index in [0.29, 0.717) is 12.0 Å². The third-order valence-corrected chi connectivity index (χ3v) is 4.84. The summed E-state index contributed by atoms with van der Waals surface area (Å²) in [5.74, 6) is -0.424. The summed E-state index contributed by atoms with van der Waals surface area (Å²) in [7, 11) is 1.59. The van der Waals surface area contributed by atoms with Crippen LogP contribution in [0.2, 0.25) is 0 Å². The topological polar surface area (TPSA) is 49.4 Å². The normalized spacial score (nSPS) is 16.7. The molecule has 0 radical (unpaired) electrons. The van der Waals surface area contributed by atoms with Crippen molar-refractivity contribution in [3.63, 3.8) is 0 Å². The van der Waals surface area contributed by atoms with Crippen molar-refractivity contribution in [1.82, 2.24) is 10.2 Å². The van der Waals surface area contributed by atoms with Crippen LogP contribution in [-0.4, -0.2) is 36.3 Å². The molecule has 1 fully saturated rings. The van der Waals surface area contributed by atoms with Gasteiger partial charge in [-0.2, -0.15) is 0 Å². The molecule has 1 atom stereocenters. The Morgan fingerprint density at radius 2 is 2.00 bits per heavy atom. The highest BCUT2D eigenvalue weighted by molar-refractivity contribution is 5.95. The lowest BCUT2D eigenvalue weighted by atomic mass is 10.0. The molecule has 0 bridgehead atoms. The molecule has 2 aromatic carbocycles. The second-order valence-electron chi connectivity index (χ2n) is 6.70. The maximum absolute atomic E-state index is 13.4. The van der Waals surface area contributed by atoms with Gasteiger partial charge in [-0.1, -0.05) is 24.3 Å². The average Bonchev–Trinajstić information content (AvgIpc) is 3.14. The molecule has 0 saturated carbocycles. The summed E-state index contributed by atoms with van der Waals surface area (Å²) in [5.41, 5.74) is 2.35. The van der Waals surface area contributed by atoms with Gasteiger partial charge in [0.2, 0.25) is 5.91 Å². The van der Waals surface area contributed by atoms with Crippen molar-refractivity contribution < 1.29 is 14.0 Å². The summed E-state index contributed by atoms with van der Waals surface area (Å²) in [6.07, 6.45) is 5.88. The summed E-state index contributed by atoms with van der Waals surface area (Å²) in [6.45, 7) is 0.721. The second-order valence-corrected chi connectivity index (χ2v) is 6.70. The molecular formula is C22H23FN2O2. The van der Waals surface area contributed by atoms with Crippen LogP contribution in [0.15, 0.2) is 54.6 Å². The van der Waals surface area contributed by atoms with Crippen molar-refractivity contribution in [2.45, 2.75) is 25.3 Å². The Balaban J connectivity index is 1.64. The first-order chi connectivity index (χ1) is 13.1. The SMILES string of the molecule is CNC(=O)c1ccc(C=CC(=O)N2CCCC2Cc2cccc(F)c2)cc1. The Labute approximate surface area is 158 Å². The van der Waals surface area contributed by atoms with Crippen molar-refractivity contribution in [2.24, 2.45) is 0 Å². The first-order valence-corrected chi connectivity index (χ1v) is 9.12. The van der Waals surface area contributed by atoms with Gasteiger partial charge in [0.05, 0.1) is 0 Å². The maximum atomic E-state index is 13.4. The molecule has 1 aliphatic heterocycles. The van der Waals surface area contributed by atoms with E-state index in [0.717, 1.165) is 30.5 Å². The predicted molar refractivity (Wildman–Crippen MR) is 104 cm³/mol. The Hall–Kier alpha value is -2.95. The van der Waals surface area contributed by atoms with Crippen LogP contribution in [0.3, 0.4) is 0 Å². The molecule has 4 nitrogen and oxygen atoms in total. The third kappa shape index (κ3) is 4.82. The van der Waals surface area contributed by atoms with Crippen LogP contribution in [-0.2, 0) is 11.2 Å². The first kappa shape index (κ1) is 18.8. The standard InChI is InChI=1S/C22H23FN2O2/c1-24-22(27)18-10-7-16(8-11-18)9-12-21(26)25-13-3-6-20(25)15-17-4-2-5-19(23)14-17/h2,4-5,7-12,14,20H,3,6,13,15H2,1H3,(H,24,27). The molecule has 27 heavy (non-hydrogen) atoms. The highest BCUT2D eigenvalue weighted by atomic mass is 19.1. The highest BCUT2D eigenvalue weighted by Gasteiger charge is 2.27. The van der Waals surface area contributed by atoms with Gasteiger partial charge < -0.3 is 10.2 Å². The molecule has 1 saturated heterocycles. The summed E-state index contributed by atoms with van der Waals surface area (Å²) in [4.78, 5) is 26.0. The molecule has 1 N–H and O–H groups in total. The monoisotopic (exact) mass is 366 g/mol. The molecule has 1 heterocycles. The maximum Gasteiger partial charge on any atom is 0.251 e. The number of hydrogen-bond donors (Lipinski definition) is 1. The number of nitrogens with zero attached hydrogens (tertiary/aromatic N) is 1. The Kier molecular flexibility index (Phi) is 6.01. The molecule has 140 valence electrons. The second kappa shape index (κ2) is 8.62. The lowest BCUT2D eigenvalue weighted by Crippen LogP contribution is -2.35. The van der Waals surface area contributed by atoms with E-state index in [-0.39, 0.29) is 23.7 Å². The van der Waals surface area contributed by atoms with Crippen LogP contribution in [0.5, 0.6) is 0 Å². The number of likely N-dealkylation sites (tertiary alicyclic amines) is 1. The molecule has 3 rings (SSSR count). The zero-order valence-electron chi connectivity index (χ0n) is 15.3. The van der Waals surface area contributed by atoms with Crippen LogP contribution in [0.1, 0.15) is 34.3 Å². The summed E-state index contributed by atoms with van der Waals surface area (Å²) < 4.78 is 13.4. The number of halogens is 1. The van der Waals surface area contributed by atoms with Gasteiger partial charge in [-0.3, -0.25) is 9.59 Å². The van der Waals surface area contributed by atoms with E-state index in [1.165, 1.54) is 12.1 Å². The lowest BCUT2D eigenvalue weighted by molar-refractivity contribution is -0.126. The molecular weight excluding hydrogens is 343 g/mol. The summed E-state index contributed by atoms with van der Waals surface area (Å²) >= 11 is 0. The lowest BCUT2D eigenvalue weighted by Gasteiger charge is -2.23. The Morgan fingerprint density at radius 1 is 1.22 bits per heavy atom. The quantitative estimate of drug-likeness (QED) is 0.824. The highest BCUT2D eigenvalue weighted by Crippen LogP contribution is 2.22. The van der Waals surface area contributed by atoms with Crippen LogP contribution in [0.4, 0.5) is 4.39 Å². The largest absolute Gasteiger partial charge is 0.355 e. The number of amides is 2. The van der Waals surface area contributed by atoms with Crippen molar-refractivity contribution in [2.75, 3.05) is 13.6 Å². The molecule has 1 unspecified atom stereocenters. The van der Waals surface area contributed by atoms with Gasteiger partial charge in [0.15, 0.2) is 0 Å². The number of nitrogens with one attached hydrogen (secondary N) is 1. The molecule has 0 aliphatic carbocycles. The minimum atomic E-state index is -0.247. The molecule has 2 amide bonds. The molecule has 1 aliphatic rings. The number of hydrogen-bond acceptors (Lipinski definition) is 2. The minimum absolute atomic E-state index is 0.0377. The van der Waals surface area contributed by atoms with E-state index in [9.17, 15) is 14.0 Å². The third-order valence-electron chi connectivity index (χ3n) is 4.84. The van der Waals surface area contributed by atoms with Gasteiger partial charge in [-0.25, -0.2) is 4.39 Å². The van der Waals surface area contributed by atoms with Gasteiger partial charge in [-0.05, 0) is 60.7 Å². The van der Waals surface area contributed by atoms with Gasteiger partial charge in [0.25, 0.3) is 5.91 Å². The van der Waals surface area contributed by atoms with E-state index in [2.05, 4.69) is 5.32 Å². The number of carbonyl (C=O) groups is 2. The Morgan fingerprint density at radius 3 is 2.70 bits per heavy atom. The van der Waals surface area contributed by atoms with Crippen molar-refractivity contribution in [1.29, 1.82) is 0 Å². The van der Waals surface area contributed by atoms with Crippen LogP contribution >= 0.6 is 0 Å². The fraction of sp³-hybridized carbons (Fsp3) is 0.273. The van der Waals surface area contributed by atoms with Gasteiger partial charge in [0.1, 0.15) is 5.82 Å². The summed E-state index contributed by atoms with van der Waals surface area (Å²) in [6, 6.07) is 13.7. The van der Waals surface area contributed by atoms with Crippen LogP contribution in [0, 0.1) is 5.82 Å². The number of benzene rings is 2. The zero-order valence-corrected chi connectivity index (χ0v) is 15.3. The Bertz CT molecular complexity index is 846. The smallest absolute Gasteiger partial charge is 0.251 e. The van der Waals surface area contributed by atoms with E-state index in [1.54, 1.807) is 37.4 Å². The van der Waals surface area contributed by atoms with Crippen molar-refractivity contribution in [3.05, 3.63) is 77.1 Å². The fourth-order valence-electron chi connectivity index (χ4n) is 3.43. The van der Waals surface area contributed by atoms with Gasteiger partial charge in [0, 0.05) is 31.3 Å². The number of carbonyl (C=O) groups excluding carboxylic acids is 2. The fourth-order valence-corrected chi connectivity index (χ4v) is 3.43. The molecule has 0 spiro atoms. The average molecular weight is 366 g/mol. The van der Waals surface area contributed by atoms with E-state index in [4.69, 9.17) is 0 Å². The molecule has 0 aromatic heterocycles. The minimum Gasteiger partial charge on any atom is -0.355 e. The number of rotatable bonds is 5. The zero-order chi connectivity index (χ0) is 19.2. The predicted octanol–water partition coefficient (Wildman–Crippen LogP) is 3.43. The summed E-state index contributed by atoms with van der Waals surface area (Å²) in [5, 5.41) is 2.58.